The van der Waals surface area contributed by atoms with Gasteiger partial charge in [0.15, 0.2) is 5.82 Å². The van der Waals surface area contributed by atoms with Gasteiger partial charge in [-0.05, 0) is 54.1 Å². The molecule has 1 amide bonds. The first-order valence-corrected chi connectivity index (χ1v) is 7.70. The van der Waals surface area contributed by atoms with E-state index < -0.39 is 12.5 Å². The van der Waals surface area contributed by atoms with E-state index in [4.69, 9.17) is 5.11 Å². The fourth-order valence-electron chi connectivity index (χ4n) is 2.14. The van der Waals surface area contributed by atoms with Gasteiger partial charge < -0.3 is 9.84 Å². The van der Waals surface area contributed by atoms with Crippen LogP contribution in [0.3, 0.4) is 0 Å². The molecular formula is C17H12F3N5O3. The summed E-state index contributed by atoms with van der Waals surface area (Å²) >= 11 is 0. The second-order valence-corrected chi connectivity index (χ2v) is 5.33. The zero-order chi connectivity index (χ0) is 20.1. The molecule has 0 spiro atoms. The molecule has 0 saturated heterocycles. The Morgan fingerprint density at radius 1 is 1.11 bits per heavy atom. The number of nitrogens with zero attached hydrogens (tertiary/aromatic N) is 4. The van der Waals surface area contributed by atoms with Gasteiger partial charge in [0, 0.05) is 6.20 Å². The molecule has 28 heavy (non-hydrogen) atoms. The van der Waals surface area contributed by atoms with E-state index >= 15 is 0 Å². The number of benzene rings is 1. The minimum atomic E-state index is -4.75. The van der Waals surface area contributed by atoms with Crippen molar-refractivity contribution in [2.75, 3.05) is 5.32 Å². The van der Waals surface area contributed by atoms with E-state index in [1.807, 2.05) is 0 Å². The van der Waals surface area contributed by atoms with Gasteiger partial charge in [-0.1, -0.05) is 0 Å². The average molecular weight is 391 g/mol. The fraction of sp³-hybridized carbons (Fsp3) is 0.0588. The molecule has 8 nitrogen and oxygen atoms in total. The summed E-state index contributed by atoms with van der Waals surface area (Å²) in [6.45, 7) is 0. The van der Waals surface area contributed by atoms with Crippen LogP contribution in [0.5, 0.6) is 5.75 Å². The van der Waals surface area contributed by atoms with E-state index in [-0.39, 0.29) is 11.6 Å². The molecule has 0 bridgehead atoms. The molecule has 144 valence electrons. The maximum absolute atomic E-state index is 12.2. The van der Waals surface area contributed by atoms with Crippen molar-refractivity contribution in [3.05, 3.63) is 60.3 Å². The molecule has 1 aromatic carbocycles. The van der Waals surface area contributed by atoms with E-state index in [0.717, 1.165) is 0 Å². The highest BCUT2D eigenvalue weighted by Crippen LogP contribution is 2.23. The molecule has 2 heterocycles. The number of amides is 1. The zero-order valence-electron chi connectivity index (χ0n) is 14.0. The first kappa shape index (κ1) is 18.9. The Hall–Kier alpha value is -3.89. The minimum Gasteiger partial charge on any atom is -0.465 e. The summed E-state index contributed by atoms with van der Waals surface area (Å²) < 4.78 is 41.8. The van der Waals surface area contributed by atoms with Crippen LogP contribution in [-0.2, 0) is 0 Å². The largest absolute Gasteiger partial charge is 0.573 e. The molecule has 0 radical (unpaired) electrons. The van der Waals surface area contributed by atoms with Crippen LogP contribution >= 0.6 is 0 Å². The maximum atomic E-state index is 12.2. The lowest BCUT2D eigenvalue weighted by atomic mass is 10.2. The van der Waals surface area contributed by atoms with Crippen molar-refractivity contribution in [1.82, 2.24) is 19.7 Å². The monoisotopic (exact) mass is 391 g/mol. The number of carbonyl (C=O) groups is 1. The number of rotatable bonds is 5. The predicted molar refractivity (Wildman–Crippen MR) is 92.9 cm³/mol. The molecule has 3 rings (SSSR count). The molecule has 11 heteroatoms. The van der Waals surface area contributed by atoms with Gasteiger partial charge in [0.2, 0.25) is 0 Å². The summed E-state index contributed by atoms with van der Waals surface area (Å²) in [7, 11) is 0. The lowest BCUT2D eigenvalue weighted by molar-refractivity contribution is -0.274. The zero-order valence-corrected chi connectivity index (χ0v) is 14.0. The van der Waals surface area contributed by atoms with Crippen LogP contribution in [0.25, 0.3) is 17.8 Å². The third kappa shape index (κ3) is 5.30. The van der Waals surface area contributed by atoms with Gasteiger partial charge in [0.05, 0.1) is 5.69 Å². The number of pyridine rings is 1. The minimum absolute atomic E-state index is 0.199. The van der Waals surface area contributed by atoms with Gasteiger partial charge in [-0.15, -0.1) is 18.3 Å². The highest BCUT2D eigenvalue weighted by molar-refractivity contribution is 5.81. The van der Waals surface area contributed by atoms with Gasteiger partial charge in [0.1, 0.15) is 17.9 Å². The molecule has 3 aromatic rings. The highest BCUT2D eigenvalue weighted by Gasteiger charge is 2.30. The first-order chi connectivity index (χ1) is 13.3. The number of hydrogen-bond donors (Lipinski definition) is 2. The standard InChI is InChI=1S/C17H12F3N5O3/c18-17(19,20)28-13-5-3-12(4-6-13)25-10-22-15(24-25)8-2-11-1-7-14(21-9-11)23-16(26)27/h1-10H,(H,21,23)(H,26,27)/b8-2+. The van der Waals surface area contributed by atoms with Crippen molar-refractivity contribution >= 4 is 24.1 Å². The van der Waals surface area contributed by atoms with Crippen molar-refractivity contribution in [2.24, 2.45) is 0 Å². The van der Waals surface area contributed by atoms with E-state index in [2.05, 4.69) is 25.1 Å². The van der Waals surface area contributed by atoms with Crippen molar-refractivity contribution in [3.8, 4) is 11.4 Å². The average Bonchev–Trinajstić information content (AvgIpc) is 3.09. The number of halogens is 3. The molecule has 2 aromatic heterocycles. The Morgan fingerprint density at radius 2 is 1.86 bits per heavy atom. The van der Waals surface area contributed by atoms with Crippen molar-refractivity contribution < 1.29 is 27.8 Å². The summed E-state index contributed by atoms with van der Waals surface area (Å²) in [5.41, 5.74) is 1.20. The van der Waals surface area contributed by atoms with Gasteiger partial charge in [0.25, 0.3) is 0 Å². The summed E-state index contributed by atoms with van der Waals surface area (Å²) in [5.74, 6) is 0.234. The normalized spacial score (nSPS) is 11.5. The molecule has 2 N–H and O–H groups in total. The quantitative estimate of drug-likeness (QED) is 0.686. The molecule has 0 saturated carbocycles. The summed E-state index contributed by atoms with van der Waals surface area (Å²) in [5, 5.41) is 14.9. The van der Waals surface area contributed by atoms with E-state index in [9.17, 15) is 18.0 Å². The summed E-state index contributed by atoms with van der Waals surface area (Å²) in [6, 6.07) is 8.36. The Kier molecular flexibility index (Phi) is 5.25. The number of ether oxygens (including phenoxy) is 1. The van der Waals surface area contributed by atoms with Gasteiger partial charge in [-0.25, -0.2) is 19.4 Å². The molecule has 0 atom stereocenters. The summed E-state index contributed by atoms with van der Waals surface area (Å²) in [4.78, 5) is 18.5. The van der Waals surface area contributed by atoms with Gasteiger partial charge in [-0.2, -0.15) is 0 Å². The highest BCUT2D eigenvalue weighted by atomic mass is 19.4. The third-order valence-electron chi connectivity index (χ3n) is 3.29. The lowest BCUT2D eigenvalue weighted by Gasteiger charge is -2.08. The van der Waals surface area contributed by atoms with Gasteiger partial charge >= 0.3 is 12.5 Å². The van der Waals surface area contributed by atoms with Crippen LogP contribution in [0.2, 0.25) is 0 Å². The number of alkyl halides is 3. The first-order valence-electron chi connectivity index (χ1n) is 7.70. The van der Waals surface area contributed by atoms with Gasteiger partial charge in [-0.3, -0.25) is 5.32 Å². The third-order valence-corrected chi connectivity index (χ3v) is 3.29. The van der Waals surface area contributed by atoms with Crippen LogP contribution in [0.15, 0.2) is 48.9 Å². The number of nitrogens with one attached hydrogen (secondary N) is 1. The van der Waals surface area contributed by atoms with Crippen LogP contribution in [-0.4, -0.2) is 37.3 Å². The lowest BCUT2D eigenvalue weighted by Crippen LogP contribution is -2.17. The molecular weight excluding hydrogens is 379 g/mol. The Balaban J connectivity index is 1.66. The maximum Gasteiger partial charge on any atom is 0.573 e. The van der Waals surface area contributed by atoms with Crippen molar-refractivity contribution in [3.63, 3.8) is 0 Å². The number of anilines is 1. The second kappa shape index (κ2) is 7.78. The molecule has 0 unspecified atom stereocenters. The van der Waals surface area contributed by atoms with Crippen LogP contribution in [0.4, 0.5) is 23.8 Å². The Morgan fingerprint density at radius 3 is 2.46 bits per heavy atom. The van der Waals surface area contributed by atoms with Crippen LogP contribution < -0.4 is 10.1 Å². The second-order valence-electron chi connectivity index (χ2n) is 5.33. The van der Waals surface area contributed by atoms with Crippen molar-refractivity contribution in [2.45, 2.75) is 6.36 Å². The molecule has 0 aliphatic carbocycles. The molecule has 0 aliphatic heterocycles. The SMILES string of the molecule is O=C(O)Nc1ccc(/C=C/c2ncn(-c3ccc(OC(F)(F)F)cc3)n2)cn1. The Labute approximate surface area is 155 Å². The smallest absolute Gasteiger partial charge is 0.465 e. The van der Waals surface area contributed by atoms with Crippen LogP contribution in [0.1, 0.15) is 11.4 Å². The number of aromatic nitrogens is 4. The number of hydrogen-bond acceptors (Lipinski definition) is 5. The van der Waals surface area contributed by atoms with E-state index in [1.165, 1.54) is 47.5 Å². The Bertz CT molecular complexity index is 983. The molecule has 0 fully saturated rings. The van der Waals surface area contributed by atoms with Crippen molar-refractivity contribution in [1.29, 1.82) is 0 Å². The number of carboxylic acid groups (broad SMARTS) is 1. The predicted octanol–water partition coefficient (Wildman–Crippen LogP) is 3.82. The topological polar surface area (TPSA) is 102 Å². The van der Waals surface area contributed by atoms with E-state index in [1.54, 1.807) is 18.2 Å². The van der Waals surface area contributed by atoms with Crippen LogP contribution in [0, 0.1) is 0 Å². The fourth-order valence-corrected chi connectivity index (χ4v) is 2.14. The summed E-state index contributed by atoms with van der Waals surface area (Å²) in [6.07, 6.45) is 0.221. The van der Waals surface area contributed by atoms with E-state index in [0.29, 0.717) is 17.1 Å². The molecule has 0 aliphatic rings.